The van der Waals surface area contributed by atoms with Crippen LogP contribution >= 0.6 is 11.6 Å². The monoisotopic (exact) mass is 416 g/mol. The highest BCUT2D eigenvalue weighted by Gasteiger charge is 2.50. The van der Waals surface area contributed by atoms with Crippen molar-refractivity contribution in [3.63, 3.8) is 0 Å². The highest BCUT2D eigenvalue weighted by molar-refractivity contribution is 6.44. The zero-order chi connectivity index (χ0) is 21.4. The summed E-state index contributed by atoms with van der Waals surface area (Å²) < 4.78 is 5.53. The maximum Gasteiger partial charge on any atom is 0.208 e. The van der Waals surface area contributed by atoms with E-state index in [1.54, 1.807) is 6.92 Å². The van der Waals surface area contributed by atoms with E-state index in [0.29, 0.717) is 12.0 Å². The molecule has 2 aliphatic rings. The number of carbonyl (C=O) groups is 1. The van der Waals surface area contributed by atoms with E-state index in [1.807, 2.05) is 6.92 Å². The fraction of sp³-hybridized carbons (Fsp3) is 0.650. The van der Waals surface area contributed by atoms with Gasteiger partial charge in [-0.2, -0.15) is 0 Å². The lowest BCUT2D eigenvalue weighted by molar-refractivity contribution is -0.150. The molecule has 0 spiro atoms. The van der Waals surface area contributed by atoms with Crippen LogP contribution in [-0.2, 0) is 9.53 Å². The number of ketones is 1. The van der Waals surface area contributed by atoms with Crippen LogP contribution in [0.2, 0.25) is 0 Å². The van der Waals surface area contributed by atoms with E-state index >= 15 is 0 Å². The van der Waals surface area contributed by atoms with Crippen molar-refractivity contribution in [2.24, 2.45) is 11.8 Å². The molecular formula is C20H29ClO7. The lowest BCUT2D eigenvalue weighted by Gasteiger charge is -2.40. The van der Waals surface area contributed by atoms with Crippen LogP contribution in [0.3, 0.4) is 0 Å². The molecule has 0 amide bonds. The molecule has 28 heavy (non-hydrogen) atoms. The van der Waals surface area contributed by atoms with Gasteiger partial charge in [0.15, 0.2) is 5.60 Å². The second-order valence-corrected chi connectivity index (χ2v) is 8.39. The zero-order valence-corrected chi connectivity index (χ0v) is 17.2. The topological polar surface area (TPSA) is 127 Å². The van der Waals surface area contributed by atoms with Gasteiger partial charge in [-0.3, -0.25) is 4.79 Å². The van der Waals surface area contributed by atoms with Crippen molar-refractivity contribution in [3.8, 4) is 0 Å². The first-order valence-electron chi connectivity index (χ1n) is 9.31. The Bertz CT molecular complexity index is 707. The molecule has 0 saturated carbocycles. The second kappa shape index (κ2) is 8.26. The summed E-state index contributed by atoms with van der Waals surface area (Å²) >= 11 is 6.10. The summed E-state index contributed by atoms with van der Waals surface area (Å²) in [5, 5.41) is 51.3. The number of hydrogen-bond acceptors (Lipinski definition) is 7. The molecule has 1 heterocycles. The third-order valence-corrected chi connectivity index (χ3v) is 6.21. The molecule has 0 fully saturated rings. The number of hydrogen-bond donors (Lipinski definition) is 5. The van der Waals surface area contributed by atoms with Gasteiger partial charge in [0.25, 0.3) is 0 Å². The van der Waals surface area contributed by atoms with Crippen molar-refractivity contribution in [3.05, 3.63) is 34.6 Å². The number of carbonyl (C=O) groups excluding carboxylic acids is 1. The van der Waals surface area contributed by atoms with Crippen LogP contribution in [0.1, 0.15) is 34.1 Å². The van der Waals surface area contributed by atoms with Crippen LogP contribution in [0.4, 0.5) is 0 Å². The van der Waals surface area contributed by atoms with E-state index in [4.69, 9.17) is 16.3 Å². The molecule has 0 aromatic carbocycles. The molecule has 0 radical (unpaired) electrons. The Morgan fingerprint density at radius 1 is 1.46 bits per heavy atom. The Kier molecular flexibility index (Phi) is 6.80. The van der Waals surface area contributed by atoms with Crippen LogP contribution in [0.25, 0.3) is 0 Å². The van der Waals surface area contributed by atoms with Crippen molar-refractivity contribution < 1.29 is 35.1 Å². The number of halogens is 1. The van der Waals surface area contributed by atoms with Gasteiger partial charge in [-0.05, 0) is 43.6 Å². The first kappa shape index (κ1) is 23.1. The summed E-state index contributed by atoms with van der Waals surface area (Å²) in [7, 11) is 0. The minimum Gasteiger partial charge on any atom is -0.493 e. The van der Waals surface area contributed by atoms with E-state index in [-0.39, 0.29) is 23.3 Å². The van der Waals surface area contributed by atoms with Gasteiger partial charge in [0, 0.05) is 5.92 Å². The minimum absolute atomic E-state index is 0.0195. The highest BCUT2D eigenvalue weighted by Crippen LogP contribution is 2.40. The molecule has 5 N–H and O–H groups in total. The van der Waals surface area contributed by atoms with E-state index in [0.717, 1.165) is 0 Å². The number of aliphatic hydroxyl groups excluding tert-OH is 3. The lowest BCUT2D eigenvalue weighted by Crippen LogP contribution is -2.55. The number of Topliss-reactive ketones (excluding diaryl/α,β-unsaturated/α-hetero) is 1. The number of allylic oxidation sites excluding steroid dienone is 2. The number of ether oxygens (including phenoxy) is 1. The molecular weight excluding hydrogens is 388 g/mol. The van der Waals surface area contributed by atoms with E-state index in [2.05, 4.69) is 0 Å². The fourth-order valence-electron chi connectivity index (χ4n) is 3.40. The van der Waals surface area contributed by atoms with Gasteiger partial charge in [0.2, 0.25) is 5.78 Å². The summed E-state index contributed by atoms with van der Waals surface area (Å²) in [4.78, 5) is 12.2. The Labute approximate surface area is 169 Å². The zero-order valence-electron chi connectivity index (χ0n) is 16.5. The number of rotatable bonds is 6. The molecule has 2 rings (SSSR count). The summed E-state index contributed by atoms with van der Waals surface area (Å²) in [6.45, 7) is 6.19. The largest absolute Gasteiger partial charge is 0.493 e. The highest BCUT2D eigenvalue weighted by atomic mass is 35.5. The minimum atomic E-state index is -1.99. The predicted molar refractivity (Wildman–Crippen MR) is 103 cm³/mol. The van der Waals surface area contributed by atoms with Crippen LogP contribution in [0, 0.1) is 11.8 Å². The van der Waals surface area contributed by atoms with Gasteiger partial charge in [-0.25, -0.2) is 0 Å². The fourth-order valence-corrected chi connectivity index (χ4v) is 3.78. The SMILES string of the molecule is CCC(C)C(O)C(C)(O)C(O)C=CC1=CC2=C(Cl)C(=O)C(C)(O)C(O)C2CO1. The van der Waals surface area contributed by atoms with Crippen LogP contribution < -0.4 is 0 Å². The average molecular weight is 417 g/mol. The Morgan fingerprint density at radius 2 is 2.07 bits per heavy atom. The van der Waals surface area contributed by atoms with Gasteiger partial charge >= 0.3 is 0 Å². The van der Waals surface area contributed by atoms with E-state index in [9.17, 15) is 30.3 Å². The molecule has 0 bridgehead atoms. The van der Waals surface area contributed by atoms with Crippen molar-refractivity contribution >= 4 is 17.4 Å². The molecule has 0 aromatic heterocycles. The van der Waals surface area contributed by atoms with Gasteiger partial charge in [0.05, 0.1) is 17.7 Å². The summed E-state index contributed by atoms with van der Waals surface area (Å²) in [5.74, 6) is -1.39. The third kappa shape index (κ3) is 4.06. The van der Waals surface area contributed by atoms with Crippen LogP contribution in [0.5, 0.6) is 0 Å². The first-order valence-corrected chi connectivity index (χ1v) is 9.69. The number of fused-ring (bicyclic) bond motifs is 1. The quantitative estimate of drug-likeness (QED) is 0.433. The molecule has 7 nitrogen and oxygen atoms in total. The number of aliphatic hydroxyl groups is 5. The first-order chi connectivity index (χ1) is 12.9. The Morgan fingerprint density at radius 3 is 2.64 bits per heavy atom. The summed E-state index contributed by atoms with van der Waals surface area (Å²) in [5.41, 5.74) is -3.41. The Balaban J connectivity index is 2.24. The molecule has 8 heteroatoms. The average Bonchev–Trinajstić information content (AvgIpc) is 2.67. The smallest absolute Gasteiger partial charge is 0.208 e. The maximum absolute atomic E-state index is 12.2. The normalized spacial score (nSPS) is 33.6. The molecule has 1 aliphatic heterocycles. The standard InChI is InChI=1S/C20H29ClO7/c1-5-10(2)16(23)19(3,26)14(22)7-6-11-8-12-13(9-28-11)17(24)20(4,27)18(25)15(12)21/h6-8,10,13-14,16-17,22-24,26-27H,5,9H2,1-4H3. The third-order valence-electron chi connectivity index (χ3n) is 5.82. The van der Waals surface area contributed by atoms with Crippen LogP contribution in [0.15, 0.2) is 34.6 Å². The van der Waals surface area contributed by atoms with Gasteiger partial charge < -0.3 is 30.3 Å². The molecule has 7 atom stereocenters. The second-order valence-electron chi connectivity index (χ2n) is 8.02. The van der Waals surface area contributed by atoms with Crippen molar-refractivity contribution in [1.82, 2.24) is 0 Å². The summed E-state index contributed by atoms with van der Waals surface area (Å²) in [6, 6.07) is 0. The van der Waals surface area contributed by atoms with Crippen molar-refractivity contribution in [1.29, 1.82) is 0 Å². The maximum atomic E-state index is 12.2. The Hall–Kier alpha value is -1.22. The van der Waals surface area contributed by atoms with Crippen LogP contribution in [-0.4, -0.2) is 67.4 Å². The molecule has 1 aliphatic carbocycles. The lowest BCUT2D eigenvalue weighted by atomic mass is 9.75. The van der Waals surface area contributed by atoms with Gasteiger partial charge in [-0.15, -0.1) is 0 Å². The van der Waals surface area contributed by atoms with E-state index in [1.165, 1.54) is 32.1 Å². The summed E-state index contributed by atoms with van der Waals surface area (Å²) in [6.07, 6.45) is 0.904. The molecule has 7 unspecified atom stereocenters. The van der Waals surface area contributed by atoms with Crippen molar-refractivity contribution in [2.45, 2.75) is 63.6 Å². The van der Waals surface area contributed by atoms with E-state index < -0.39 is 41.2 Å². The molecule has 0 aromatic rings. The van der Waals surface area contributed by atoms with Crippen molar-refractivity contribution in [2.75, 3.05) is 6.61 Å². The predicted octanol–water partition coefficient (Wildman–Crippen LogP) is 0.779. The van der Waals surface area contributed by atoms with Gasteiger partial charge in [-0.1, -0.05) is 31.9 Å². The van der Waals surface area contributed by atoms with Gasteiger partial charge in [0.1, 0.15) is 23.6 Å². The molecule has 158 valence electrons. The molecule has 0 saturated heterocycles.